The van der Waals surface area contributed by atoms with Gasteiger partial charge in [0.25, 0.3) is 0 Å². The Morgan fingerprint density at radius 3 is 2.61 bits per heavy atom. The van der Waals surface area contributed by atoms with E-state index in [1.54, 1.807) is 4.90 Å². The Labute approximate surface area is 141 Å². The van der Waals surface area contributed by atoms with E-state index >= 15 is 0 Å². The predicted octanol–water partition coefficient (Wildman–Crippen LogP) is 2.30. The van der Waals surface area contributed by atoms with Crippen molar-refractivity contribution in [1.29, 1.82) is 0 Å². The zero-order chi connectivity index (χ0) is 16.7. The molecule has 5 nitrogen and oxygen atoms in total. The quantitative estimate of drug-likeness (QED) is 0.788. The van der Waals surface area contributed by atoms with Crippen LogP contribution in [0.25, 0.3) is 0 Å². The SMILES string of the molecule is CC(CNC(=O)N(C)CC1CCCCC1O)CN1CCCCC1. The normalized spacial score (nSPS) is 27.4. The van der Waals surface area contributed by atoms with Gasteiger partial charge < -0.3 is 20.2 Å². The van der Waals surface area contributed by atoms with Gasteiger partial charge in [-0.05, 0) is 44.7 Å². The van der Waals surface area contributed by atoms with E-state index in [-0.39, 0.29) is 18.1 Å². The number of nitrogens with zero attached hydrogens (tertiary/aromatic N) is 2. The van der Waals surface area contributed by atoms with Gasteiger partial charge in [-0.3, -0.25) is 0 Å². The summed E-state index contributed by atoms with van der Waals surface area (Å²) in [5.74, 6) is 0.719. The van der Waals surface area contributed by atoms with Gasteiger partial charge in [0.05, 0.1) is 6.10 Å². The summed E-state index contributed by atoms with van der Waals surface area (Å²) in [5.41, 5.74) is 0. The van der Waals surface area contributed by atoms with Crippen molar-refractivity contribution in [3.63, 3.8) is 0 Å². The maximum atomic E-state index is 12.2. The zero-order valence-corrected chi connectivity index (χ0v) is 15.0. The maximum Gasteiger partial charge on any atom is 0.317 e. The Balaban J connectivity index is 1.64. The largest absolute Gasteiger partial charge is 0.393 e. The standard InChI is InChI=1S/C18H35N3O2/c1-15(13-21-10-6-3-7-11-21)12-19-18(23)20(2)14-16-8-4-5-9-17(16)22/h15-17,22H,3-14H2,1-2H3,(H,19,23). The van der Waals surface area contributed by atoms with Crippen molar-refractivity contribution in [3.8, 4) is 0 Å². The van der Waals surface area contributed by atoms with Gasteiger partial charge in [-0.25, -0.2) is 4.79 Å². The van der Waals surface area contributed by atoms with Crippen molar-refractivity contribution in [2.45, 2.75) is 58.0 Å². The predicted molar refractivity (Wildman–Crippen MR) is 93.4 cm³/mol. The number of amides is 2. The fraction of sp³-hybridized carbons (Fsp3) is 0.944. The Morgan fingerprint density at radius 2 is 1.91 bits per heavy atom. The van der Waals surface area contributed by atoms with E-state index in [1.807, 2.05) is 7.05 Å². The fourth-order valence-corrected chi connectivity index (χ4v) is 3.88. The number of aliphatic hydroxyl groups is 1. The summed E-state index contributed by atoms with van der Waals surface area (Å²) in [6, 6.07) is -0.00623. The number of urea groups is 1. The lowest BCUT2D eigenvalue weighted by atomic mass is 9.86. The average molecular weight is 325 g/mol. The van der Waals surface area contributed by atoms with E-state index < -0.39 is 0 Å². The molecule has 3 atom stereocenters. The summed E-state index contributed by atoms with van der Waals surface area (Å²) < 4.78 is 0. The van der Waals surface area contributed by atoms with Gasteiger partial charge in [0.2, 0.25) is 0 Å². The third-order valence-corrected chi connectivity index (χ3v) is 5.34. The van der Waals surface area contributed by atoms with Crippen molar-refractivity contribution < 1.29 is 9.90 Å². The van der Waals surface area contributed by atoms with Crippen LogP contribution in [0, 0.1) is 11.8 Å². The lowest BCUT2D eigenvalue weighted by Gasteiger charge is -2.32. The molecule has 0 aromatic rings. The van der Waals surface area contributed by atoms with Crippen molar-refractivity contribution in [2.24, 2.45) is 11.8 Å². The Bertz CT molecular complexity index is 358. The molecular formula is C18H35N3O2. The fourth-order valence-electron chi connectivity index (χ4n) is 3.88. The molecular weight excluding hydrogens is 290 g/mol. The molecule has 0 aromatic carbocycles. The van der Waals surface area contributed by atoms with Gasteiger partial charge >= 0.3 is 6.03 Å². The zero-order valence-electron chi connectivity index (χ0n) is 15.0. The first-order valence-electron chi connectivity index (χ1n) is 9.45. The number of piperidine rings is 1. The van der Waals surface area contributed by atoms with E-state index in [2.05, 4.69) is 17.1 Å². The van der Waals surface area contributed by atoms with E-state index in [9.17, 15) is 9.90 Å². The molecule has 1 saturated heterocycles. The summed E-state index contributed by atoms with van der Waals surface area (Å²) in [4.78, 5) is 16.5. The molecule has 23 heavy (non-hydrogen) atoms. The van der Waals surface area contributed by atoms with Crippen LogP contribution in [-0.4, -0.2) is 66.8 Å². The lowest BCUT2D eigenvalue weighted by molar-refractivity contribution is 0.0564. The maximum absolute atomic E-state index is 12.2. The summed E-state index contributed by atoms with van der Waals surface area (Å²) in [7, 11) is 1.84. The number of carbonyl (C=O) groups excluding carboxylic acids is 1. The topological polar surface area (TPSA) is 55.8 Å². The molecule has 3 unspecified atom stereocenters. The van der Waals surface area contributed by atoms with Crippen LogP contribution in [0.4, 0.5) is 4.79 Å². The van der Waals surface area contributed by atoms with Crippen LogP contribution in [0.15, 0.2) is 0 Å². The van der Waals surface area contributed by atoms with Crippen LogP contribution in [0.5, 0.6) is 0 Å². The van der Waals surface area contributed by atoms with Gasteiger partial charge in [0.1, 0.15) is 0 Å². The highest BCUT2D eigenvalue weighted by molar-refractivity contribution is 5.73. The minimum atomic E-state index is -0.239. The molecule has 2 aliphatic rings. The molecule has 2 rings (SSSR count). The number of hydrogen-bond donors (Lipinski definition) is 2. The molecule has 2 amide bonds. The Morgan fingerprint density at radius 1 is 1.22 bits per heavy atom. The number of rotatable bonds is 6. The molecule has 1 saturated carbocycles. The minimum Gasteiger partial charge on any atom is -0.393 e. The van der Waals surface area contributed by atoms with E-state index in [0.29, 0.717) is 12.5 Å². The first-order chi connectivity index (χ1) is 11.1. The summed E-state index contributed by atoms with van der Waals surface area (Å²) in [6.45, 7) is 7.08. The second-order valence-electron chi connectivity index (χ2n) is 7.64. The van der Waals surface area contributed by atoms with E-state index in [1.165, 1.54) is 38.8 Å². The first-order valence-corrected chi connectivity index (χ1v) is 9.45. The van der Waals surface area contributed by atoms with Crippen molar-refractivity contribution >= 4 is 6.03 Å². The van der Waals surface area contributed by atoms with Crippen LogP contribution in [0.2, 0.25) is 0 Å². The number of aliphatic hydroxyl groups excluding tert-OH is 1. The number of carbonyl (C=O) groups is 1. The Hall–Kier alpha value is -0.810. The van der Waals surface area contributed by atoms with Crippen molar-refractivity contribution in [3.05, 3.63) is 0 Å². The summed E-state index contributed by atoms with van der Waals surface area (Å²) in [6.07, 6.45) is 7.94. The molecule has 0 radical (unpaired) electrons. The highest BCUT2D eigenvalue weighted by Gasteiger charge is 2.25. The monoisotopic (exact) mass is 325 g/mol. The van der Waals surface area contributed by atoms with Gasteiger partial charge in [0.15, 0.2) is 0 Å². The molecule has 0 bridgehead atoms. The van der Waals surface area contributed by atoms with Crippen LogP contribution in [0.1, 0.15) is 51.9 Å². The Kier molecular flexibility index (Phi) is 7.63. The number of hydrogen-bond acceptors (Lipinski definition) is 3. The molecule has 2 N–H and O–H groups in total. The highest BCUT2D eigenvalue weighted by atomic mass is 16.3. The van der Waals surface area contributed by atoms with Gasteiger partial charge in [-0.1, -0.05) is 26.2 Å². The molecule has 0 spiro atoms. The lowest BCUT2D eigenvalue weighted by Crippen LogP contribution is -2.45. The molecule has 1 heterocycles. The third kappa shape index (κ3) is 6.30. The number of likely N-dealkylation sites (tertiary alicyclic amines) is 1. The van der Waals surface area contributed by atoms with Gasteiger partial charge in [-0.15, -0.1) is 0 Å². The molecule has 2 fully saturated rings. The minimum absolute atomic E-state index is 0.00623. The van der Waals surface area contributed by atoms with Crippen LogP contribution < -0.4 is 5.32 Å². The van der Waals surface area contributed by atoms with Crippen molar-refractivity contribution in [1.82, 2.24) is 15.1 Å². The van der Waals surface area contributed by atoms with Gasteiger partial charge in [-0.2, -0.15) is 0 Å². The first kappa shape index (κ1) is 18.5. The second-order valence-corrected chi connectivity index (χ2v) is 7.64. The molecule has 134 valence electrons. The van der Waals surface area contributed by atoms with Crippen LogP contribution in [0.3, 0.4) is 0 Å². The summed E-state index contributed by atoms with van der Waals surface area (Å²) >= 11 is 0. The van der Waals surface area contributed by atoms with E-state index in [4.69, 9.17) is 0 Å². The van der Waals surface area contributed by atoms with Gasteiger partial charge in [0, 0.05) is 32.6 Å². The van der Waals surface area contributed by atoms with Crippen LogP contribution in [-0.2, 0) is 0 Å². The number of nitrogens with one attached hydrogen (secondary N) is 1. The molecule has 5 heteroatoms. The third-order valence-electron chi connectivity index (χ3n) is 5.34. The summed E-state index contributed by atoms with van der Waals surface area (Å²) in [5, 5.41) is 13.1. The molecule has 1 aliphatic carbocycles. The smallest absolute Gasteiger partial charge is 0.317 e. The molecule has 0 aromatic heterocycles. The van der Waals surface area contributed by atoms with Crippen LogP contribution >= 0.6 is 0 Å². The van der Waals surface area contributed by atoms with Crippen molar-refractivity contribution in [2.75, 3.05) is 39.8 Å². The molecule has 1 aliphatic heterocycles. The van der Waals surface area contributed by atoms with E-state index in [0.717, 1.165) is 32.4 Å². The average Bonchev–Trinajstić information content (AvgIpc) is 2.55. The highest BCUT2D eigenvalue weighted by Crippen LogP contribution is 2.24. The second kappa shape index (κ2) is 9.48.